The van der Waals surface area contributed by atoms with Crippen molar-refractivity contribution in [1.29, 1.82) is 0 Å². The number of hydrogen-bond acceptors (Lipinski definition) is 7. The van der Waals surface area contributed by atoms with Crippen LogP contribution in [0.5, 0.6) is 11.5 Å². The molecule has 0 fully saturated rings. The number of aryl methyl sites for hydroxylation is 1. The van der Waals surface area contributed by atoms with Crippen LogP contribution in [0.25, 0.3) is 6.08 Å². The number of methoxy groups -OCH3 is 1. The summed E-state index contributed by atoms with van der Waals surface area (Å²) in [5.41, 5.74) is 3.29. The van der Waals surface area contributed by atoms with Gasteiger partial charge in [-0.3, -0.25) is 9.36 Å². The lowest BCUT2D eigenvalue weighted by Gasteiger charge is -2.25. The molecule has 0 bridgehead atoms. The van der Waals surface area contributed by atoms with Crippen LogP contribution in [-0.4, -0.2) is 30.9 Å². The number of rotatable bonds is 7. The Morgan fingerprint density at radius 1 is 1.14 bits per heavy atom. The van der Waals surface area contributed by atoms with Crippen molar-refractivity contribution in [1.82, 2.24) is 4.57 Å². The number of allylic oxidation sites excluding steroid dienone is 1. The van der Waals surface area contributed by atoms with Gasteiger partial charge in [-0.25, -0.2) is 9.79 Å². The van der Waals surface area contributed by atoms with Gasteiger partial charge in [-0.05, 0) is 68.7 Å². The summed E-state index contributed by atoms with van der Waals surface area (Å²) >= 11 is 4.84. The van der Waals surface area contributed by atoms with Crippen LogP contribution in [0.3, 0.4) is 0 Å². The molecule has 188 valence electrons. The van der Waals surface area contributed by atoms with Crippen molar-refractivity contribution < 1.29 is 19.0 Å². The minimum Gasteiger partial charge on any atom is -0.493 e. The first kappa shape index (κ1) is 25.9. The molecular formula is C27H27BrN2O5S. The van der Waals surface area contributed by atoms with E-state index in [-0.39, 0.29) is 12.2 Å². The second-order valence-corrected chi connectivity index (χ2v) is 10.0. The number of hydrogen-bond donors (Lipinski definition) is 0. The van der Waals surface area contributed by atoms with Crippen LogP contribution in [0.4, 0.5) is 0 Å². The summed E-state index contributed by atoms with van der Waals surface area (Å²) in [7, 11) is 1.57. The molecule has 4 rings (SSSR count). The second kappa shape index (κ2) is 10.8. The molecule has 0 spiro atoms. The van der Waals surface area contributed by atoms with Gasteiger partial charge in [-0.15, -0.1) is 0 Å². The lowest BCUT2D eigenvalue weighted by molar-refractivity contribution is -0.139. The van der Waals surface area contributed by atoms with Gasteiger partial charge in [0.25, 0.3) is 5.56 Å². The Balaban J connectivity index is 1.96. The highest BCUT2D eigenvalue weighted by atomic mass is 79.9. The number of esters is 1. The van der Waals surface area contributed by atoms with Crippen LogP contribution >= 0.6 is 27.3 Å². The van der Waals surface area contributed by atoms with Crippen LogP contribution < -0.4 is 24.4 Å². The maximum absolute atomic E-state index is 13.8. The third kappa shape index (κ3) is 4.90. The molecule has 1 aromatic heterocycles. The third-order valence-corrected chi connectivity index (χ3v) is 7.65. The minimum absolute atomic E-state index is 0.210. The van der Waals surface area contributed by atoms with Crippen LogP contribution in [0, 0.1) is 6.92 Å². The summed E-state index contributed by atoms with van der Waals surface area (Å²) in [6, 6.07) is 10.6. The standard InChI is InChI=1S/C27H27BrN2O5S/c1-6-34-21-14-18(10-11-20(21)33-5)24-23(26(32)35-7-2)16(4)29-27-30(24)25(31)22(36-27)13-17-9-8-15(3)19(28)12-17/h8-14,24H,6-7H2,1-5H3/t24-/m1/s1. The average Bonchev–Trinajstić information content (AvgIpc) is 3.15. The summed E-state index contributed by atoms with van der Waals surface area (Å²) in [6.07, 6.45) is 1.84. The van der Waals surface area contributed by atoms with E-state index in [1.54, 1.807) is 37.7 Å². The smallest absolute Gasteiger partial charge is 0.338 e. The number of aromatic nitrogens is 1. The molecule has 1 aliphatic rings. The molecule has 7 nitrogen and oxygen atoms in total. The molecule has 3 aromatic rings. The van der Waals surface area contributed by atoms with Gasteiger partial charge in [0.05, 0.1) is 42.2 Å². The first-order valence-electron chi connectivity index (χ1n) is 11.6. The Morgan fingerprint density at radius 3 is 2.58 bits per heavy atom. The number of ether oxygens (including phenoxy) is 3. The molecule has 0 saturated carbocycles. The summed E-state index contributed by atoms with van der Waals surface area (Å²) in [6.45, 7) is 8.05. The molecule has 1 atom stereocenters. The Bertz CT molecular complexity index is 1540. The van der Waals surface area contributed by atoms with Crippen molar-refractivity contribution in [2.24, 2.45) is 4.99 Å². The lowest BCUT2D eigenvalue weighted by Crippen LogP contribution is -2.40. The SMILES string of the molecule is CCOC(=O)C1=C(C)N=c2sc(=Cc3ccc(C)c(Br)c3)c(=O)n2[C@@H]1c1ccc(OC)c(OCC)c1. The molecule has 36 heavy (non-hydrogen) atoms. The van der Waals surface area contributed by atoms with Gasteiger partial charge < -0.3 is 14.2 Å². The van der Waals surface area contributed by atoms with E-state index in [1.165, 1.54) is 11.3 Å². The zero-order chi connectivity index (χ0) is 26.0. The number of halogens is 1. The fourth-order valence-corrected chi connectivity index (χ4v) is 5.53. The third-order valence-electron chi connectivity index (χ3n) is 5.81. The molecule has 0 N–H and O–H groups in total. The Morgan fingerprint density at radius 2 is 1.92 bits per heavy atom. The monoisotopic (exact) mass is 570 g/mol. The van der Waals surface area contributed by atoms with E-state index in [2.05, 4.69) is 20.9 Å². The second-order valence-electron chi connectivity index (χ2n) is 8.15. The van der Waals surface area contributed by atoms with Crippen molar-refractivity contribution in [2.45, 2.75) is 33.7 Å². The molecular weight excluding hydrogens is 544 g/mol. The van der Waals surface area contributed by atoms with E-state index in [4.69, 9.17) is 14.2 Å². The normalized spacial score (nSPS) is 15.4. The molecule has 0 aliphatic carbocycles. The number of thiazole rings is 1. The van der Waals surface area contributed by atoms with Crippen LogP contribution in [0.2, 0.25) is 0 Å². The number of fused-ring (bicyclic) bond motifs is 1. The van der Waals surface area contributed by atoms with Gasteiger partial charge in [0.2, 0.25) is 0 Å². The number of carbonyl (C=O) groups excluding carboxylic acids is 1. The predicted molar refractivity (Wildman–Crippen MR) is 143 cm³/mol. The Hall–Kier alpha value is -3.17. The molecule has 2 heterocycles. The molecule has 0 radical (unpaired) electrons. The van der Waals surface area contributed by atoms with Gasteiger partial charge in [0.1, 0.15) is 0 Å². The molecule has 0 unspecified atom stereocenters. The molecule has 2 aromatic carbocycles. The predicted octanol–water partition coefficient (Wildman–Crippen LogP) is 4.28. The zero-order valence-corrected chi connectivity index (χ0v) is 23.2. The maximum atomic E-state index is 13.8. The van der Waals surface area contributed by atoms with Crippen molar-refractivity contribution >= 4 is 39.3 Å². The van der Waals surface area contributed by atoms with E-state index in [0.29, 0.717) is 44.3 Å². The van der Waals surface area contributed by atoms with Crippen LogP contribution in [0.1, 0.15) is 43.5 Å². The highest BCUT2D eigenvalue weighted by Gasteiger charge is 2.34. The number of benzene rings is 2. The summed E-state index contributed by atoms with van der Waals surface area (Å²) < 4.78 is 19.6. The zero-order valence-electron chi connectivity index (χ0n) is 20.8. The molecule has 0 amide bonds. The van der Waals surface area contributed by atoms with Gasteiger partial charge in [-0.1, -0.05) is 45.5 Å². The fourth-order valence-electron chi connectivity index (χ4n) is 4.09. The first-order chi connectivity index (χ1) is 17.3. The molecule has 9 heteroatoms. The van der Waals surface area contributed by atoms with E-state index in [1.807, 2.05) is 44.2 Å². The Labute approximate surface area is 221 Å². The van der Waals surface area contributed by atoms with E-state index in [0.717, 1.165) is 15.6 Å². The van der Waals surface area contributed by atoms with Crippen molar-refractivity contribution in [3.05, 3.63) is 88.5 Å². The van der Waals surface area contributed by atoms with Gasteiger partial charge >= 0.3 is 5.97 Å². The summed E-state index contributed by atoms with van der Waals surface area (Å²) in [5, 5.41) is 0. The average molecular weight is 571 g/mol. The first-order valence-corrected chi connectivity index (χ1v) is 13.2. The summed E-state index contributed by atoms with van der Waals surface area (Å²) in [4.78, 5) is 32.0. The van der Waals surface area contributed by atoms with Crippen molar-refractivity contribution in [2.75, 3.05) is 20.3 Å². The minimum atomic E-state index is -0.725. The van der Waals surface area contributed by atoms with Gasteiger partial charge in [0, 0.05) is 4.47 Å². The Kier molecular flexibility index (Phi) is 7.80. The molecule has 1 aliphatic heterocycles. The number of nitrogens with zero attached hydrogens (tertiary/aromatic N) is 2. The van der Waals surface area contributed by atoms with Crippen LogP contribution in [-0.2, 0) is 9.53 Å². The quantitative estimate of drug-likeness (QED) is 0.396. The lowest BCUT2D eigenvalue weighted by atomic mass is 9.95. The topological polar surface area (TPSA) is 79.1 Å². The van der Waals surface area contributed by atoms with Crippen molar-refractivity contribution in [3.8, 4) is 11.5 Å². The largest absolute Gasteiger partial charge is 0.493 e. The number of carbonyl (C=O) groups is 1. The fraction of sp³-hybridized carbons (Fsp3) is 0.296. The highest BCUT2D eigenvalue weighted by molar-refractivity contribution is 9.10. The van der Waals surface area contributed by atoms with Gasteiger partial charge in [-0.2, -0.15) is 0 Å². The van der Waals surface area contributed by atoms with E-state index < -0.39 is 12.0 Å². The maximum Gasteiger partial charge on any atom is 0.338 e. The summed E-state index contributed by atoms with van der Waals surface area (Å²) in [5.74, 6) is 0.590. The van der Waals surface area contributed by atoms with E-state index >= 15 is 0 Å². The highest BCUT2D eigenvalue weighted by Crippen LogP contribution is 2.36. The van der Waals surface area contributed by atoms with Crippen LogP contribution in [0.15, 0.2) is 61.9 Å². The van der Waals surface area contributed by atoms with Crippen molar-refractivity contribution in [3.63, 3.8) is 0 Å². The van der Waals surface area contributed by atoms with E-state index in [9.17, 15) is 9.59 Å². The molecule has 0 saturated heterocycles. The van der Waals surface area contributed by atoms with Gasteiger partial charge in [0.15, 0.2) is 16.3 Å².